The van der Waals surface area contributed by atoms with Crippen LogP contribution in [0.4, 0.5) is 11.4 Å². The van der Waals surface area contributed by atoms with Gasteiger partial charge in [0.25, 0.3) is 11.6 Å². The molecule has 39 heavy (non-hydrogen) atoms. The van der Waals surface area contributed by atoms with Crippen molar-refractivity contribution >= 4 is 61.7 Å². The highest BCUT2D eigenvalue weighted by atomic mass is 79.9. The van der Waals surface area contributed by atoms with E-state index in [2.05, 4.69) is 21.2 Å². The van der Waals surface area contributed by atoms with Gasteiger partial charge in [0, 0.05) is 12.1 Å². The predicted octanol–water partition coefficient (Wildman–Crippen LogP) is 7.69. The van der Waals surface area contributed by atoms with Gasteiger partial charge in [0.2, 0.25) is 0 Å². The third-order valence-electron chi connectivity index (χ3n) is 5.67. The van der Waals surface area contributed by atoms with Crippen LogP contribution in [-0.2, 0) is 11.4 Å². The number of hydrogen-bond acceptors (Lipinski definition) is 6. The Hall–Kier alpha value is -4.39. The first-order valence-electron chi connectivity index (χ1n) is 11.7. The van der Waals surface area contributed by atoms with E-state index in [9.17, 15) is 20.2 Å². The van der Waals surface area contributed by atoms with Crippen LogP contribution in [0.25, 0.3) is 16.8 Å². The summed E-state index contributed by atoms with van der Waals surface area (Å²) in [6.07, 6.45) is 1.38. The number of amides is 1. The normalized spacial score (nSPS) is 11.1. The lowest BCUT2D eigenvalue weighted by Crippen LogP contribution is -2.14. The van der Waals surface area contributed by atoms with Crippen LogP contribution in [0.3, 0.4) is 0 Å². The van der Waals surface area contributed by atoms with Crippen LogP contribution in [0.5, 0.6) is 11.5 Å². The Bertz CT molecular complexity index is 1640. The van der Waals surface area contributed by atoms with Gasteiger partial charge in [0.15, 0.2) is 11.5 Å². The molecule has 0 aliphatic carbocycles. The van der Waals surface area contributed by atoms with Crippen LogP contribution in [0.2, 0.25) is 5.02 Å². The molecule has 8 nitrogen and oxygen atoms in total. The van der Waals surface area contributed by atoms with E-state index in [0.717, 1.165) is 22.4 Å². The van der Waals surface area contributed by atoms with E-state index in [1.54, 1.807) is 12.1 Å². The minimum Gasteiger partial charge on any atom is -0.490 e. The Labute approximate surface area is 237 Å². The monoisotopic (exact) mass is 605 g/mol. The molecule has 1 N–H and O–H groups in total. The summed E-state index contributed by atoms with van der Waals surface area (Å²) in [5, 5.41) is 25.5. The fourth-order valence-corrected chi connectivity index (χ4v) is 4.61. The first kappa shape index (κ1) is 27.6. The molecule has 0 aromatic heterocycles. The van der Waals surface area contributed by atoms with Gasteiger partial charge >= 0.3 is 0 Å². The molecule has 0 aliphatic rings. The number of nitro benzene ring substituents is 1. The number of carbonyl (C=O) groups is 1. The summed E-state index contributed by atoms with van der Waals surface area (Å²) in [4.78, 5) is 23.3. The molecule has 10 heteroatoms. The Morgan fingerprint density at radius 1 is 1.13 bits per heavy atom. The van der Waals surface area contributed by atoms with E-state index in [-0.39, 0.29) is 22.0 Å². The van der Waals surface area contributed by atoms with Crippen LogP contribution >= 0.6 is 27.5 Å². The summed E-state index contributed by atoms with van der Waals surface area (Å²) in [7, 11) is 0. The maximum Gasteiger partial charge on any atom is 0.271 e. The van der Waals surface area contributed by atoms with Crippen LogP contribution < -0.4 is 14.8 Å². The predicted molar refractivity (Wildman–Crippen MR) is 154 cm³/mol. The lowest BCUT2D eigenvalue weighted by atomic mass is 10.1. The number of anilines is 1. The number of fused-ring (bicyclic) bond motifs is 1. The SMILES string of the molecule is CCOc1cc(/C=C(\C#N)C(=O)Nc2cc([N+](=O)[O-])ccc2Cl)cc(Br)c1OCc1cccc2ccccc12. The quantitative estimate of drug-likeness (QED) is 0.0904. The number of non-ortho nitro benzene ring substituents is 1. The van der Waals surface area contributed by atoms with E-state index in [1.165, 1.54) is 18.2 Å². The fourth-order valence-electron chi connectivity index (χ4n) is 3.87. The van der Waals surface area contributed by atoms with Crippen LogP contribution in [0.1, 0.15) is 18.1 Å². The number of rotatable bonds is 9. The Morgan fingerprint density at radius 3 is 2.64 bits per heavy atom. The van der Waals surface area contributed by atoms with Crippen molar-refractivity contribution in [1.82, 2.24) is 0 Å². The van der Waals surface area contributed by atoms with Crippen molar-refractivity contribution in [3.05, 3.63) is 109 Å². The van der Waals surface area contributed by atoms with Gasteiger partial charge in [-0.2, -0.15) is 5.26 Å². The summed E-state index contributed by atoms with van der Waals surface area (Å²) in [5.41, 5.74) is 1.04. The molecule has 0 atom stereocenters. The van der Waals surface area contributed by atoms with Gasteiger partial charge < -0.3 is 14.8 Å². The van der Waals surface area contributed by atoms with Gasteiger partial charge in [-0.3, -0.25) is 14.9 Å². The van der Waals surface area contributed by atoms with Crippen molar-refractivity contribution in [2.24, 2.45) is 0 Å². The van der Waals surface area contributed by atoms with Gasteiger partial charge in [-0.25, -0.2) is 0 Å². The topological polar surface area (TPSA) is 114 Å². The highest BCUT2D eigenvalue weighted by Gasteiger charge is 2.17. The minimum atomic E-state index is -0.773. The van der Waals surface area contributed by atoms with E-state index in [0.29, 0.717) is 34.7 Å². The average Bonchev–Trinajstić information content (AvgIpc) is 2.92. The number of nitrogens with one attached hydrogen (secondary N) is 1. The van der Waals surface area contributed by atoms with Crippen molar-refractivity contribution in [1.29, 1.82) is 5.26 Å². The second-order valence-corrected chi connectivity index (χ2v) is 9.50. The molecule has 4 aromatic rings. The first-order valence-corrected chi connectivity index (χ1v) is 12.9. The van der Waals surface area contributed by atoms with Crippen molar-refractivity contribution in [3.8, 4) is 17.6 Å². The van der Waals surface area contributed by atoms with Gasteiger partial charge in [0.1, 0.15) is 18.2 Å². The summed E-state index contributed by atoms with van der Waals surface area (Å²) in [6, 6.07) is 22.9. The largest absolute Gasteiger partial charge is 0.490 e. The molecule has 196 valence electrons. The number of benzene rings is 4. The molecule has 0 bridgehead atoms. The molecule has 0 heterocycles. The second kappa shape index (κ2) is 12.4. The summed E-state index contributed by atoms with van der Waals surface area (Å²) in [6.45, 7) is 2.49. The van der Waals surface area contributed by atoms with Crippen molar-refractivity contribution in [2.45, 2.75) is 13.5 Å². The van der Waals surface area contributed by atoms with E-state index in [4.69, 9.17) is 21.1 Å². The van der Waals surface area contributed by atoms with Gasteiger partial charge in [-0.15, -0.1) is 0 Å². The molecule has 4 aromatic carbocycles. The molecular weight excluding hydrogens is 586 g/mol. The number of hydrogen-bond donors (Lipinski definition) is 1. The summed E-state index contributed by atoms with van der Waals surface area (Å²) in [5.74, 6) is 0.135. The Kier molecular flexibility index (Phi) is 8.81. The lowest BCUT2D eigenvalue weighted by molar-refractivity contribution is -0.384. The number of nitriles is 1. The van der Waals surface area contributed by atoms with Crippen LogP contribution in [0, 0.1) is 21.4 Å². The molecular formula is C29H21BrClN3O5. The minimum absolute atomic E-state index is 0.0189. The molecule has 0 saturated carbocycles. The molecule has 0 fully saturated rings. The number of halogens is 2. The number of carbonyl (C=O) groups excluding carboxylic acids is 1. The van der Waals surface area contributed by atoms with Gasteiger partial charge in [-0.05, 0) is 69.0 Å². The fraction of sp³-hybridized carbons (Fsp3) is 0.103. The molecule has 0 radical (unpaired) electrons. The number of nitro groups is 1. The molecule has 4 rings (SSSR count). The lowest BCUT2D eigenvalue weighted by Gasteiger charge is -2.16. The summed E-state index contributed by atoms with van der Waals surface area (Å²) >= 11 is 9.60. The maximum absolute atomic E-state index is 12.8. The maximum atomic E-state index is 12.8. The zero-order valence-corrected chi connectivity index (χ0v) is 23.0. The molecule has 0 saturated heterocycles. The highest BCUT2D eigenvalue weighted by Crippen LogP contribution is 2.38. The number of ether oxygens (including phenoxy) is 2. The Balaban J connectivity index is 1.60. The molecule has 0 aliphatic heterocycles. The van der Waals surface area contributed by atoms with Gasteiger partial charge in [0.05, 0.1) is 26.7 Å². The zero-order valence-electron chi connectivity index (χ0n) is 20.6. The zero-order chi connectivity index (χ0) is 27.9. The van der Waals surface area contributed by atoms with Crippen LogP contribution in [-0.4, -0.2) is 17.4 Å². The van der Waals surface area contributed by atoms with Crippen molar-refractivity contribution < 1.29 is 19.2 Å². The third-order valence-corrected chi connectivity index (χ3v) is 6.59. The van der Waals surface area contributed by atoms with E-state index < -0.39 is 10.8 Å². The Morgan fingerprint density at radius 2 is 1.90 bits per heavy atom. The van der Waals surface area contributed by atoms with Crippen molar-refractivity contribution in [3.63, 3.8) is 0 Å². The first-order chi connectivity index (χ1) is 18.8. The van der Waals surface area contributed by atoms with Crippen LogP contribution in [0.15, 0.2) is 82.8 Å². The smallest absolute Gasteiger partial charge is 0.271 e. The highest BCUT2D eigenvalue weighted by molar-refractivity contribution is 9.10. The van der Waals surface area contributed by atoms with E-state index in [1.807, 2.05) is 55.5 Å². The molecule has 0 unspecified atom stereocenters. The standard InChI is InChI=1S/C29H21BrClN3O5/c1-2-38-27-14-18(12-21(16-32)29(35)33-26-15-22(34(36)37)10-11-25(26)31)13-24(30)28(27)39-17-20-8-5-7-19-6-3-4-9-23(19)20/h3-15H,2,17H2,1H3,(H,33,35)/b21-12+. The molecule has 1 amide bonds. The summed E-state index contributed by atoms with van der Waals surface area (Å²) < 4.78 is 12.5. The molecule has 0 spiro atoms. The van der Waals surface area contributed by atoms with Crippen molar-refractivity contribution in [2.75, 3.05) is 11.9 Å². The number of nitrogens with zero attached hydrogens (tertiary/aromatic N) is 2. The average molecular weight is 607 g/mol. The van der Waals surface area contributed by atoms with E-state index >= 15 is 0 Å². The third kappa shape index (κ3) is 6.55. The van der Waals surface area contributed by atoms with Gasteiger partial charge in [-0.1, -0.05) is 54.1 Å². The second-order valence-electron chi connectivity index (χ2n) is 8.24.